The van der Waals surface area contributed by atoms with Crippen molar-refractivity contribution in [2.75, 3.05) is 18.4 Å². The molecule has 0 spiro atoms. The number of aromatic amines is 1. The molecule has 178 valence electrons. The molecular weight excluding hydrogens is 432 g/mol. The zero-order chi connectivity index (χ0) is 23.9. The van der Waals surface area contributed by atoms with Crippen LogP contribution < -0.4 is 16.0 Å². The van der Waals surface area contributed by atoms with E-state index in [4.69, 9.17) is 0 Å². The summed E-state index contributed by atoms with van der Waals surface area (Å²) in [5, 5.41) is 20.7. The maximum absolute atomic E-state index is 12.4. The zero-order valence-corrected chi connectivity index (χ0v) is 19.2. The average molecular weight is 463 g/mol. The number of carbonyl (C=O) groups excluding carboxylic acids is 1. The van der Waals surface area contributed by atoms with E-state index in [0.29, 0.717) is 30.6 Å². The van der Waals surface area contributed by atoms with Gasteiger partial charge in [0, 0.05) is 23.8 Å². The maximum Gasteiger partial charge on any atom is 0.432 e. The van der Waals surface area contributed by atoms with Gasteiger partial charge in [0.05, 0.1) is 6.42 Å². The van der Waals surface area contributed by atoms with Crippen LogP contribution in [0.15, 0.2) is 54.7 Å². The van der Waals surface area contributed by atoms with Crippen molar-refractivity contribution in [2.24, 2.45) is 5.92 Å². The highest BCUT2D eigenvalue weighted by Crippen LogP contribution is 2.21. The van der Waals surface area contributed by atoms with Gasteiger partial charge < -0.3 is 26.1 Å². The molecule has 34 heavy (non-hydrogen) atoms. The second-order valence-corrected chi connectivity index (χ2v) is 8.75. The summed E-state index contributed by atoms with van der Waals surface area (Å²) in [6.07, 6.45) is 4.14. The second-order valence-electron chi connectivity index (χ2n) is 8.75. The molecule has 1 unspecified atom stereocenters. The molecule has 0 aliphatic carbocycles. The molecule has 1 fully saturated rings. The Hall–Kier alpha value is -3.72. The number of H-pyrrole nitrogens is 1. The van der Waals surface area contributed by atoms with Crippen LogP contribution >= 0.6 is 0 Å². The fourth-order valence-electron chi connectivity index (χ4n) is 4.24. The summed E-state index contributed by atoms with van der Waals surface area (Å²) < 4.78 is 0. The molecule has 0 bridgehead atoms. The van der Waals surface area contributed by atoms with Crippen molar-refractivity contribution in [1.82, 2.24) is 20.6 Å². The number of benzene rings is 2. The van der Waals surface area contributed by atoms with Gasteiger partial charge in [-0.15, -0.1) is 0 Å². The van der Waals surface area contributed by atoms with Gasteiger partial charge in [0.1, 0.15) is 11.9 Å². The number of rotatable bonds is 9. The highest BCUT2D eigenvalue weighted by atomic mass is 16.6. The Morgan fingerprint density at radius 1 is 1.12 bits per heavy atom. The van der Waals surface area contributed by atoms with E-state index in [9.17, 15) is 14.9 Å². The molecule has 1 amide bonds. The minimum absolute atomic E-state index is 0.0444. The minimum atomic E-state index is -0.562. The number of nitrogens with one attached hydrogen (secondary N) is 4. The molecule has 3 aromatic rings. The molecule has 1 aromatic heterocycles. The Bertz CT molecular complexity index is 1100. The zero-order valence-electron chi connectivity index (χ0n) is 19.2. The molecule has 4 rings (SSSR count). The molecule has 0 radical (unpaired) electrons. The van der Waals surface area contributed by atoms with E-state index in [2.05, 4.69) is 32.8 Å². The van der Waals surface area contributed by atoms with Crippen molar-refractivity contribution < 1.29 is 9.72 Å². The van der Waals surface area contributed by atoms with Crippen molar-refractivity contribution in [1.29, 1.82) is 0 Å². The monoisotopic (exact) mass is 462 g/mol. The average Bonchev–Trinajstić information content (AvgIpc) is 3.36. The molecule has 2 heterocycles. The largest absolute Gasteiger partial charge is 0.432 e. The molecule has 4 N–H and O–H groups in total. The van der Waals surface area contributed by atoms with Crippen molar-refractivity contribution in [2.45, 2.75) is 38.8 Å². The van der Waals surface area contributed by atoms with E-state index in [-0.39, 0.29) is 11.9 Å². The lowest BCUT2D eigenvalue weighted by atomic mass is 9.91. The number of amides is 1. The predicted molar refractivity (Wildman–Crippen MR) is 131 cm³/mol. The maximum atomic E-state index is 12.4. The summed E-state index contributed by atoms with van der Waals surface area (Å²) in [6.45, 7) is 4.83. The number of hydrogen-bond acceptors (Lipinski definition) is 6. The number of nitrogens with zero attached hydrogens (tertiary/aromatic N) is 2. The van der Waals surface area contributed by atoms with Gasteiger partial charge in [0.2, 0.25) is 5.91 Å². The normalized spacial score (nSPS) is 15.0. The Morgan fingerprint density at radius 2 is 1.79 bits per heavy atom. The van der Waals surface area contributed by atoms with Crippen LogP contribution in [-0.2, 0) is 17.8 Å². The topological polar surface area (TPSA) is 125 Å². The molecule has 9 heteroatoms. The van der Waals surface area contributed by atoms with Gasteiger partial charge in [-0.3, -0.25) is 4.79 Å². The SMILES string of the molecule is CC(Nc1ccc(CC(=O)NCc2ccc(-c3cnc([N+](=O)[O-])[nH]3)cc2)cc1)C1CCNCC1. The number of aromatic nitrogens is 2. The third-order valence-electron chi connectivity index (χ3n) is 6.29. The fourth-order valence-corrected chi connectivity index (χ4v) is 4.24. The summed E-state index contributed by atoms with van der Waals surface area (Å²) in [5.41, 5.74) is 4.36. The van der Waals surface area contributed by atoms with Crippen LogP contribution in [0.1, 0.15) is 30.9 Å². The number of imidazole rings is 1. The first-order chi connectivity index (χ1) is 16.5. The van der Waals surface area contributed by atoms with Gasteiger partial charge in [-0.1, -0.05) is 41.4 Å². The molecule has 1 aliphatic heterocycles. The highest BCUT2D eigenvalue weighted by Gasteiger charge is 2.19. The van der Waals surface area contributed by atoms with Crippen molar-refractivity contribution in [3.8, 4) is 11.3 Å². The summed E-state index contributed by atoms with van der Waals surface area (Å²) in [7, 11) is 0. The first kappa shape index (κ1) is 23.4. The van der Waals surface area contributed by atoms with E-state index in [1.54, 1.807) is 0 Å². The number of hydrogen-bond donors (Lipinski definition) is 4. The lowest BCUT2D eigenvalue weighted by Crippen LogP contribution is -2.36. The summed E-state index contributed by atoms with van der Waals surface area (Å²) >= 11 is 0. The molecule has 1 saturated heterocycles. The van der Waals surface area contributed by atoms with Crippen LogP contribution in [0.2, 0.25) is 0 Å². The van der Waals surface area contributed by atoms with E-state index in [1.165, 1.54) is 19.0 Å². The number of piperidine rings is 1. The first-order valence-corrected chi connectivity index (χ1v) is 11.6. The molecule has 9 nitrogen and oxygen atoms in total. The summed E-state index contributed by atoms with van der Waals surface area (Å²) in [6, 6.07) is 15.9. The van der Waals surface area contributed by atoms with E-state index >= 15 is 0 Å². The fraction of sp³-hybridized carbons (Fsp3) is 0.360. The lowest BCUT2D eigenvalue weighted by molar-refractivity contribution is -0.393. The highest BCUT2D eigenvalue weighted by molar-refractivity contribution is 5.78. The van der Waals surface area contributed by atoms with Gasteiger partial charge >= 0.3 is 5.95 Å². The lowest BCUT2D eigenvalue weighted by Gasteiger charge is -2.29. The predicted octanol–water partition coefficient (Wildman–Crippen LogP) is 3.64. The minimum Gasteiger partial charge on any atom is -0.390 e. The van der Waals surface area contributed by atoms with Gasteiger partial charge in [-0.05, 0) is 67.0 Å². The van der Waals surface area contributed by atoms with E-state index < -0.39 is 4.92 Å². The molecule has 2 aromatic carbocycles. The van der Waals surface area contributed by atoms with E-state index in [1.807, 2.05) is 48.5 Å². The molecule has 1 aliphatic rings. The Balaban J connectivity index is 1.23. The Morgan fingerprint density at radius 3 is 2.44 bits per heavy atom. The van der Waals surface area contributed by atoms with Crippen LogP contribution in [0.4, 0.5) is 11.6 Å². The summed E-state index contributed by atoms with van der Waals surface area (Å²) in [5.74, 6) is 0.349. The quantitative estimate of drug-likeness (QED) is 0.284. The van der Waals surface area contributed by atoms with Crippen molar-refractivity contribution in [3.63, 3.8) is 0 Å². The molecular formula is C25H30N6O3. The number of anilines is 1. The first-order valence-electron chi connectivity index (χ1n) is 11.6. The molecule has 0 saturated carbocycles. The van der Waals surface area contributed by atoms with Crippen LogP contribution in [0.3, 0.4) is 0 Å². The third-order valence-corrected chi connectivity index (χ3v) is 6.29. The molecule has 1 atom stereocenters. The van der Waals surface area contributed by atoms with Crippen molar-refractivity contribution >= 4 is 17.5 Å². The van der Waals surface area contributed by atoms with E-state index in [0.717, 1.165) is 35.5 Å². The van der Waals surface area contributed by atoms with Crippen LogP contribution in [0.25, 0.3) is 11.3 Å². The smallest absolute Gasteiger partial charge is 0.390 e. The number of carbonyl (C=O) groups is 1. The van der Waals surface area contributed by atoms with Crippen LogP contribution in [0.5, 0.6) is 0 Å². The third kappa shape index (κ3) is 6.20. The van der Waals surface area contributed by atoms with Crippen LogP contribution in [-0.4, -0.2) is 39.9 Å². The van der Waals surface area contributed by atoms with Gasteiger partial charge in [-0.2, -0.15) is 0 Å². The summed E-state index contributed by atoms with van der Waals surface area (Å²) in [4.78, 5) is 29.0. The second kappa shape index (κ2) is 10.9. The number of nitro groups is 1. The van der Waals surface area contributed by atoms with Crippen LogP contribution in [0, 0.1) is 16.0 Å². The Kier molecular flexibility index (Phi) is 7.54. The standard InChI is InChI=1S/C25H30N6O3/c1-17(20-10-12-26-13-11-20)29-22-8-4-18(5-9-22)14-24(32)27-15-19-2-6-21(7-3-19)23-16-28-25(30-23)31(33)34/h2-9,16-17,20,26,29H,10-15H2,1H3,(H,27,32)(H,28,30). The van der Waals surface area contributed by atoms with Gasteiger partial charge in [-0.25, -0.2) is 4.98 Å². The van der Waals surface area contributed by atoms with Crippen molar-refractivity contribution in [3.05, 3.63) is 76.0 Å². The Labute approximate surface area is 198 Å². The van der Waals surface area contributed by atoms with Gasteiger partial charge in [0.25, 0.3) is 0 Å². The van der Waals surface area contributed by atoms with Gasteiger partial charge in [0.15, 0.2) is 0 Å².